The molecule has 0 atom stereocenters. The molecule has 2 fully saturated rings. The molecule has 1 aliphatic heterocycles. The number of urea groups is 1. The molecular weight excluding hydrogens is 330 g/mol. The second-order valence-electron chi connectivity index (χ2n) is 9.31. The lowest BCUT2D eigenvalue weighted by Gasteiger charge is -2.42. The van der Waals surface area contributed by atoms with Gasteiger partial charge in [-0.25, -0.2) is 4.79 Å². The molecule has 1 aliphatic carbocycles. The largest absolute Gasteiger partial charge is 0.350 e. The van der Waals surface area contributed by atoms with Crippen LogP contribution in [-0.2, 0) is 9.59 Å². The van der Waals surface area contributed by atoms with Gasteiger partial charge in [0.05, 0.1) is 0 Å². The molecule has 2 N–H and O–H groups in total. The lowest BCUT2D eigenvalue weighted by molar-refractivity contribution is -0.136. The molecule has 2 aliphatic rings. The van der Waals surface area contributed by atoms with Crippen LogP contribution in [0.15, 0.2) is 0 Å². The second kappa shape index (κ2) is 7.20. The molecule has 1 spiro atoms. The Balaban J connectivity index is 2.02. The second-order valence-corrected chi connectivity index (χ2v) is 9.31. The molecule has 1 heterocycles. The number of amides is 4. The highest BCUT2D eigenvalue weighted by atomic mass is 16.2. The van der Waals surface area contributed by atoms with E-state index in [2.05, 4.69) is 31.4 Å². The van der Waals surface area contributed by atoms with Crippen LogP contribution < -0.4 is 10.6 Å². The third-order valence-electron chi connectivity index (χ3n) is 6.76. The Hall–Kier alpha value is -1.59. The fourth-order valence-electron chi connectivity index (χ4n) is 3.99. The van der Waals surface area contributed by atoms with E-state index in [0.29, 0.717) is 18.8 Å². The number of nitrogens with one attached hydrogen (secondary N) is 2. The number of carbonyl (C=O) groups excluding carboxylic acids is 3. The summed E-state index contributed by atoms with van der Waals surface area (Å²) in [7, 11) is 0. The van der Waals surface area contributed by atoms with E-state index in [0.717, 1.165) is 30.6 Å². The highest BCUT2D eigenvalue weighted by Gasteiger charge is 2.53. The number of carbonyl (C=O) groups is 3. The van der Waals surface area contributed by atoms with Crippen LogP contribution in [0.2, 0.25) is 0 Å². The fraction of sp³-hybridized carbons (Fsp3) is 0.850. The van der Waals surface area contributed by atoms with Crippen molar-refractivity contribution < 1.29 is 14.4 Å². The van der Waals surface area contributed by atoms with E-state index in [-0.39, 0.29) is 29.3 Å². The summed E-state index contributed by atoms with van der Waals surface area (Å²) < 4.78 is 0. The molecular formula is C20H35N3O3. The predicted octanol–water partition coefficient (Wildman–Crippen LogP) is 3.21. The summed E-state index contributed by atoms with van der Waals surface area (Å²) in [4.78, 5) is 38.7. The SMILES string of the molecule is CCC(C)(C)NC(=O)CN1C(=O)NC2(CCC(C(C)(C)CC)CC2)C1=O. The Labute approximate surface area is 157 Å². The highest BCUT2D eigenvalue weighted by molar-refractivity contribution is 6.09. The fourth-order valence-corrected chi connectivity index (χ4v) is 3.99. The molecule has 0 bridgehead atoms. The van der Waals surface area contributed by atoms with Crippen molar-refractivity contribution in [3.8, 4) is 0 Å². The van der Waals surface area contributed by atoms with Crippen LogP contribution in [0.5, 0.6) is 0 Å². The number of imide groups is 1. The Kier molecular flexibility index (Phi) is 5.74. The summed E-state index contributed by atoms with van der Waals surface area (Å²) in [5, 5.41) is 5.79. The van der Waals surface area contributed by atoms with Gasteiger partial charge in [-0.2, -0.15) is 0 Å². The lowest BCUT2D eigenvalue weighted by Crippen LogP contribution is -2.52. The van der Waals surface area contributed by atoms with E-state index in [1.165, 1.54) is 0 Å². The van der Waals surface area contributed by atoms with Gasteiger partial charge in [0.2, 0.25) is 5.91 Å². The topological polar surface area (TPSA) is 78.5 Å². The van der Waals surface area contributed by atoms with Gasteiger partial charge < -0.3 is 10.6 Å². The minimum Gasteiger partial charge on any atom is -0.350 e. The molecule has 148 valence electrons. The van der Waals surface area contributed by atoms with Gasteiger partial charge in [-0.3, -0.25) is 14.5 Å². The zero-order valence-corrected chi connectivity index (χ0v) is 17.2. The average molecular weight is 366 g/mol. The first-order valence-corrected chi connectivity index (χ1v) is 9.91. The van der Waals surface area contributed by atoms with Crippen LogP contribution in [0.25, 0.3) is 0 Å². The molecule has 4 amide bonds. The van der Waals surface area contributed by atoms with Gasteiger partial charge in [-0.15, -0.1) is 0 Å². The number of hydrogen-bond acceptors (Lipinski definition) is 3. The van der Waals surface area contributed by atoms with E-state index in [1.54, 1.807) is 0 Å². The summed E-state index contributed by atoms with van der Waals surface area (Å²) in [6.07, 6.45) is 5.04. The van der Waals surface area contributed by atoms with Crippen molar-refractivity contribution in [2.24, 2.45) is 11.3 Å². The third kappa shape index (κ3) is 4.04. The van der Waals surface area contributed by atoms with Crippen molar-refractivity contribution in [2.75, 3.05) is 6.54 Å². The van der Waals surface area contributed by atoms with Crippen molar-refractivity contribution in [3.63, 3.8) is 0 Å². The maximum absolute atomic E-state index is 13.0. The monoisotopic (exact) mass is 365 g/mol. The highest BCUT2D eigenvalue weighted by Crippen LogP contribution is 2.45. The van der Waals surface area contributed by atoms with Gasteiger partial charge in [-0.05, 0) is 57.3 Å². The Bertz CT molecular complexity index is 575. The van der Waals surface area contributed by atoms with E-state index < -0.39 is 11.6 Å². The first-order valence-electron chi connectivity index (χ1n) is 9.91. The van der Waals surface area contributed by atoms with Crippen molar-refractivity contribution >= 4 is 17.8 Å². The molecule has 0 aromatic rings. The molecule has 0 aromatic heterocycles. The van der Waals surface area contributed by atoms with E-state index in [1.807, 2.05) is 20.8 Å². The van der Waals surface area contributed by atoms with Gasteiger partial charge in [0.25, 0.3) is 5.91 Å². The third-order valence-corrected chi connectivity index (χ3v) is 6.76. The van der Waals surface area contributed by atoms with E-state index >= 15 is 0 Å². The van der Waals surface area contributed by atoms with Gasteiger partial charge in [-0.1, -0.05) is 34.1 Å². The molecule has 1 saturated carbocycles. The van der Waals surface area contributed by atoms with Crippen LogP contribution in [0.3, 0.4) is 0 Å². The predicted molar refractivity (Wildman–Crippen MR) is 102 cm³/mol. The van der Waals surface area contributed by atoms with Crippen molar-refractivity contribution in [3.05, 3.63) is 0 Å². The summed E-state index contributed by atoms with van der Waals surface area (Å²) in [5.41, 5.74) is -0.908. The van der Waals surface area contributed by atoms with Crippen LogP contribution in [0.1, 0.15) is 80.1 Å². The van der Waals surface area contributed by atoms with Crippen LogP contribution >= 0.6 is 0 Å². The molecule has 0 radical (unpaired) electrons. The molecule has 0 unspecified atom stereocenters. The van der Waals surface area contributed by atoms with Gasteiger partial charge >= 0.3 is 6.03 Å². The van der Waals surface area contributed by atoms with Crippen LogP contribution in [0.4, 0.5) is 4.79 Å². The summed E-state index contributed by atoms with van der Waals surface area (Å²) in [6, 6.07) is -0.437. The zero-order valence-electron chi connectivity index (χ0n) is 17.2. The van der Waals surface area contributed by atoms with E-state index in [4.69, 9.17) is 0 Å². The number of nitrogens with zero attached hydrogens (tertiary/aromatic N) is 1. The summed E-state index contributed by atoms with van der Waals surface area (Å²) in [6.45, 7) is 12.4. The molecule has 6 heteroatoms. The standard InChI is InChI=1S/C20H35N3O3/c1-7-18(3,4)14-9-11-20(12-10-14)16(25)23(17(26)22-20)13-15(24)21-19(5,6)8-2/h14H,7-13H2,1-6H3,(H,21,24)(H,22,26). The molecule has 2 rings (SSSR count). The zero-order chi connectivity index (χ0) is 19.8. The maximum Gasteiger partial charge on any atom is 0.325 e. The Morgan fingerprint density at radius 2 is 1.73 bits per heavy atom. The van der Waals surface area contributed by atoms with Gasteiger partial charge in [0, 0.05) is 5.54 Å². The number of rotatable bonds is 6. The first-order chi connectivity index (χ1) is 12.0. The lowest BCUT2D eigenvalue weighted by atomic mass is 9.65. The van der Waals surface area contributed by atoms with Crippen LogP contribution in [-0.4, -0.2) is 40.4 Å². The summed E-state index contributed by atoms with van der Waals surface area (Å²) in [5.74, 6) is 0.0310. The number of hydrogen-bond donors (Lipinski definition) is 2. The molecule has 0 aromatic carbocycles. The van der Waals surface area contributed by atoms with Crippen molar-refractivity contribution in [1.82, 2.24) is 15.5 Å². The molecule has 1 saturated heterocycles. The quantitative estimate of drug-likeness (QED) is 0.710. The average Bonchev–Trinajstić information content (AvgIpc) is 2.79. The smallest absolute Gasteiger partial charge is 0.325 e. The van der Waals surface area contributed by atoms with Crippen molar-refractivity contribution in [1.29, 1.82) is 0 Å². The molecule has 6 nitrogen and oxygen atoms in total. The summed E-state index contributed by atoms with van der Waals surface area (Å²) >= 11 is 0. The van der Waals surface area contributed by atoms with Crippen LogP contribution in [0, 0.1) is 11.3 Å². The van der Waals surface area contributed by atoms with Gasteiger partial charge in [0.15, 0.2) is 0 Å². The Morgan fingerprint density at radius 1 is 1.15 bits per heavy atom. The Morgan fingerprint density at radius 3 is 2.23 bits per heavy atom. The van der Waals surface area contributed by atoms with Crippen molar-refractivity contribution in [2.45, 2.75) is 91.1 Å². The maximum atomic E-state index is 13.0. The normalized spacial score (nSPS) is 27.0. The minimum absolute atomic E-state index is 0.209. The van der Waals surface area contributed by atoms with E-state index in [9.17, 15) is 14.4 Å². The minimum atomic E-state index is -0.808. The first kappa shape index (κ1) is 20.7. The van der Waals surface area contributed by atoms with Gasteiger partial charge in [0.1, 0.15) is 12.1 Å². The molecule has 26 heavy (non-hydrogen) atoms.